The van der Waals surface area contributed by atoms with Gasteiger partial charge in [0.25, 0.3) is 5.69 Å². The molecule has 700 valence electrons. The Morgan fingerprint density at radius 3 is 0.839 bits per heavy atom. The molecule has 12 aliphatic carbocycles. The molecular formula is C107H106F7N21O2. The van der Waals surface area contributed by atoms with E-state index in [1.807, 2.05) is 18.5 Å². The predicted octanol–water partition coefficient (Wildman–Crippen LogP) is 25.8. The molecule has 0 aliphatic heterocycles. The van der Waals surface area contributed by atoms with Crippen molar-refractivity contribution in [2.24, 2.45) is 71.0 Å². The third-order valence-corrected chi connectivity index (χ3v) is 31.2. The number of alkyl halides is 3. The van der Waals surface area contributed by atoms with Crippen LogP contribution in [0.15, 0.2) is 195 Å². The molecule has 16 aromatic rings. The summed E-state index contributed by atoms with van der Waals surface area (Å²) in [6.07, 6.45) is 27.7. The monoisotopic (exact) mass is 1850 g/mol. The van der Waals surface area contributed by atoms with Crippen LogP contribution in [0.4, 0.5) is 59.7 Å². The van der Waals surface area contributed by atoms with Crippen LogP contribution < -0.4 is 21.3 Å². The number of fused-ring (bicyclic) bond motifs is 16. The van der Waals surface area contributed by atoms with Gasteiger partial charge in [-0.3, -0.25) is 10.1 Å². The number of anilines is 4. The summed E-state index contributed by atoms with van der Waals surface area (Å²) in [4.78, 5) is 78.2. The van der Waals surface area contributed by atoms with E-state index in [1.54, 1.807) is 36.7 Å². The van der Waals surface area contributed by atoms with Crippen LogP contribution in [-0.2, 0) is 6.18 Å². The molecule has 30 heteroatoms. The minimum atomic E-state index is -4.47. The number of benzene rings is 4. The molecular weight excluding hydrogens is 1740 g/mol. The second-order valence-corrected chi connectivity index (χ2v) is 39.3. The maximum atomic E-state index is 14.0. The number of aryl methyl sites for hydroxylation is 2. The molecule has 0 radical (unpaired) electrons. The van der Waals surface area contributed by atoms with Gasteiger partial charge in [-0.1, -0.05) is 99.5 Å². The van der Waals surface area contributed by atoms with Crippen molar-refractivity contribution in [1.82, 2.24) is 79.7 Å². The van der Waals surface area contributed by atoms with E-state index in [-0.39, 0.29) is 23.4 Å². The first kappa shape index (κ1) is 89.6. The molecule has 12 heterocycles. The van der Waals surface area contributed by atoms with E-state index in [0.29, 0.717) is 179 Å². The average Bonchev–Trinajstić information content (AvgIpc) is 1.42. The first-order chi connectivity index (χ1) is 66.3. The van der Waals surface area contributed by atoms with Crippen molar-refractivity contribution in [3.8, 4) is 90.6 Å². The highest BCUT2D eigenvalue weighted by atomic mass is 19.4. The Kier molecular flexibility index (Phi) is 24.4. The van der Waals surface area contributed by atoms with Crippen LogP contribution >= 0.6 is 0 Å². The van der Waals surface area contributed by atoms with Crippen LogP contribution in [0.5, 0.6) is 0 Å². The number of H-pyrrole nitrogens is 4. The lowest BCUT2D eigenvalue weighted by molar-refractivity contribution is -0.384. The second kappa shape index (κ2) is 37.3. The molecule has 28 rings (SSSR count). The topological polar surface area (TPSA) is 309 Å². The van der Waals surface area contributed by atoms with Gasteiger partial charge in [0.15, 0.2) is 23.3 Å². The van der Waals surface area contributed by atoms with Crippen molar-refractivity contribution >= 4 is 73.1 Å². The minimum Gasteiger partial charge on any atom is -0.367 e. The van der Waals surface area contributed by atoms with E-state index in [9.17, 15) is 40.8 Å². The number of hydrogen-bond donors (Lipinski definition) is 8. The van der Waals surface area contributed by atoms with Crippen molar-refractivity contribution < 1.29 is 35.7 Å². The fourth-order valence-electron chi connectivity index (χ4n) is 23.6. The number of nitrogens with one attached hydrogen (secondary N) is 8. The van der Waals surface area contributed by atoms with Gasteiger partial charge in [-0.2, -0.15) is 13.2 Å². The molecule has 12 saturated carbocycles. The molecule has 12 fully saturated rings. The molecule has 8 N–H and O–H groups in total. The zero-order valence-electron chi connectivity index (χ0n) is 76.8. The molecule has 8 bridgehead atoms. The van der Waals surface area contributed by atoms with E-state index in [4.69, 9.17) is 34.9 Å². The van der Waals surface area contributed by atoms with Gasteiger partial charge in [-0.05, 0) is 236 Å². The Labute approximate surface area is 786 Å². The number of hydrogen-bond acceptors (Lipinski definition) is 18. The second-order valence-electron chi connectivity index (χ2n) is 39.3. The third kappa shape index (κ3) is 18.5. The highest BCUT2D eigenvalue weighted by Gasteiger charge is 2.46. The Hall–Kier alpha value is -13.9. The average molecular weight is 1850 g/mol. The number of non-ortho nitro benzene ring substituents is 1. The van der Waals surface area contributed by atoms with Gasteiger partial charge < -0.3 is 41.2 Å². The van der Waals surface area contributed by atoms with E-state index in [0.717, 1.165) is 86.9 Å². The fraction of sp³-hybridized carbons (Fsp3) is 0.364. The summed E-state index contributed by atoms with van der Waals surface area (Å²) in [5.41, 5.74) is 12.5. The molecule has 137 heavy (non-hydrogen) atoms. The maximum Gasteiger partial charge on any atom is 0.416 e. The molecule has 0 spiro atoms. The summed E-state index contributed by atoms with van der Waals surface area (Å²) < 4.78 is 96.2. The number of aromatic amines is 4. The van der Waals surface area contributed by atoms with E-state index in [1.165, 1.54) is 175 Å². The number of rotatable bonds is 17. The molecule has 0 saturated heterocycles. The van der Waals surface area contributed by atoms with Gasteiger partial charge in [-0.25, -0.2) is 77.4 Å². The quantitative estimate of drug-likeness (QED) is 0.0239. The van der Waals surface area contributed by atoms with Crippen LogP contribution in [0.1, 0.15) is 147 Å². The third-order valence-electron chi connectivity index (χ3n) is 31.2. The molecule has 12 aliphatic rings. The van der Waals surface area contributed by atoms with Crippen LogP contribution in [0.2, 0.25) is 0 Å². The normalized spacial score (nSPS) is 24.0. The summed E-state index contributed by atoms with van der Waals surface area (Å²) in [6.45, 7) is 13.5. The van der Waals surface area contributed by atoms with Gasteiger partial charge in [0.05, 0.1) is 58.0 Å². The zero-order valence-corrected chi connectivity index (χ0v) is 76.8. The number of pyridine rings is 4. The van der Waals surface area contributed by atoms with E-state index < -0.39 is 28.3 Å². The minimum absolute atomic E-state index is 0.0200. The first-order valence-electron chi connectivity index (χ1n) is 48.0. The van der Waals surface area contributed by atoms with Crippen molar-refractivity contribution in [2.75, 3.05) is 21.3 Å². The summed E-state index contributed by atoms with van der Waals surface area (Å²) >= 11 is 0. The largest absolute Gasteiger partial charge is 0.416 e. The summed E-state index contributed by atoms with van der Waals surface area (Å²) in [7, 11) is 0. The van der Waals surface area contributed by atoms with Gasteiger partial charge in [0, 0.05) is 151 Å². The standard InChI is InChI=1S/C27H25F4N5.2C27H28FN5.C26H25FN6O2/c1-14-15-5-7-16(8-6-15)24(14)35-23-11-22(17-3-2-4-18(9-17)27(29,30)31)34-26(36-23)21-13-33-25-20(21)10-19(28)12-32-25;2*1-15-3-5-18(6-4-15)23-12-24(32-25-16(2)17-7-9-19(25)10-8-17)33-27(31-23)22-14-30-26-21(22)11-20(28)13-29-26;1-14-15-2-4-17(5-3-15)24(14)31-23-11-22(16-6-8-19(9-7-16)33(34)35)30-26(32-23)21-13-29-25-20(21)10-18(27)12-28-25/h2-4,9-16,24H,5-8H2,1H3,(H,32,33)(H,34,35,36);2*3-6,11-14,16-17,19,25H,7-10H2,1-2H3,(H,29,30)(H,31,32,33);6-15,17,24H,2-5H2,1H3,(H,28,29)(H,30,31,32). The number of nitrogens with zero attached hydrogens (tertiary/aromatic N) is 13. The molecule has 12 aromatic heterocycles. The van der Waals surface area contributed by atoms with E-state index in [2.05, 4.69) is 168 Å². The van der Waals surface area contributed by atoms with Gasteiger partial charge in [-0.15, -0.1) is 0 Å². The van der Waals surface area contributed by atoms with E-state index >= 15 is 0 Å². The Morgan fingerprint density at radius 1 is 0.328 bits per heavy atom. The van der Waals surface area contributed by atoms with Crippen LogP contribution in [0.25, 0.3) is 135 Å². The number of aromatic nitrogens is 16. The Morgan fingerprint density at radius 2 is 0.584 bits per heavy atom. The highest BCUT2D eigenvalue weighted by molar-refractivity contribution is 5.95. The Balaban J connectivity index is 0.000000109. The number of halogens is 7. The molecule has 0 amide bonds. The summed E-state index contributed by atoms with van der Waals surface area (Å²) in [5, 5.41) is 28.5. The fourth-order valence-corrected chi connectivity index (χ4v) is 23.6. The lowest BCUT2D eigenvalue weighted by Crippen LogP contribution is -2.47. The van der Waals surface area contributed by atoms with Gasteiger partial charge in [0.1, 0.15) is 69.1 Å². The zero-order chi connectivity index (χ0) is 94.2. The molecule has 23 nitrogen and oxygen atoms in total. The van der Waals surface area contributed by atoms with Crippen molar-refractivity contribution in [2.45, 2.75) is 175 Å². The van der Waals surface area contributed by atoms with Crippen LogP contribution in [0, 0.1) is 118 Å². The lowest BCUT2D eigenvalue weighted by Gasteiger charge is -2.47. The SMILES string of the molecule is CC1C2CCC(CC2)C1Nc1cc(-c2ccc([N+](=O)[O-])cc2)nc(-c2c[nH]c3ncc(F)cc23)n1.CC1C2CCC(CC2)C1Nc1cc(-c2cccc(C(F)(F)F)c2)nc(-c2c[nH]c3ncc(F)cc23)n1.Cc1ccc(-c2cc(NC3C4CCC(CC4)C3C)nc(-c3c[nH]c4ncc(F)cc34)n2)cc1.Cc1ccc(-c2cc(NC3C4CCC(CC4)C3C)nc(-c3c[nH]c4ncc(F)cc34)n2)cc1. The van der Waals surface area contributed by atoms with Crippen LogP contribution in [-0.4, -0.2) is 109 Å². The Bertz CT molecular complexity index is 6920. The van der Waals surface area contributed by atoms with Gasteiger partial charge in [0.2, 0.25) is 0 Å². The lowest BCUT2D eigenvalue weighted by atomic mass is 9.62. The number of nitro benzene ring substituents is 1. The molecule has 8 unspecified atom stereocenters. The smallest absolute Gasteiger partial charge is 0.367 e. The first-order valence-corrected chi connectivity index (χ1v) is 48.0. The van der Waals surface area contributed by atoms with Crippen molar-refractivity contribution in [3.05, 3.63) is 245 Å². The summed E-state index contributed by atoms with van der Waals surface area (Å²) in [6, 6.07) is 43.1. The number of nitro groups is 1. The van der Waals surface area contributed by atoms with Crippen molar-refractivity contribution in [1.29, 1.82) is 0 Å². The van der Waals surface area contributed by atoms with Crippen LogP contribution in [0.3, 0.4) is 0 Å². The molecule has 8 atom stereocenters. The van der Waals surface area contributed by atoms with Gasteiger partial charge >= 0.3 is 6.18 Å². The predicted molar refractivity (Wildman–Crippen MR) is 519 cm³/mol. The van der Waals surface area contributed by atoms with Crippen molar-refractivity contribution in [3.63, 3.8) is 0 Å². The molecule has 4 aromatic carbocycles. The summed E-state index contributed by atoms with van der Waals surface area (Å²) in [5.74, 6) is 10.9. The maximum absolute atomic E-state index is 14.0. The highest BCUT2D eigenvalue weighted by Crippen LogP contribution is 2.52.